The minimum absolute atomic E-state index is 0.0961. The minimum atomic E-state index is -5.00. The summed E-state index contributed by atoms with van der Waals surface area (Å²) in [5.41, 5.74) is -1.79. The third-order valence-electron chi connectivity index (χ3n) is 4.06. The highest BCUT2D eigenvalue weighted by Crippen LogP contribution is 2.42. The molecule has 0 aliphatic heterocycles. The van der Waals surface area contributed by atoms with Crippen LogP contribution in [0.15, 0.2) is 68.6 Å². The largest absolute Gasteiger partial charge is 0.505 e. The summed E-state index contributed by atoms with van der Waals surface area (Å²) in [6.45, 7) is 0. The summed E-state index contributed by atoms with van der Waals surface area (Å²) in [5.74, 6) is -0.803. The van der Waals surface area contributed by atoms with Crippen LogP contribution in [0.25, 0.3) is 10.8 Å². The van der Waals surface area contributed by atoms with Crippen LogP contribution >= 0.6 is 0 Å². The molecule has 0 atom stereocenters. The van der Waals surface area contributed by atoms with E-state index in [4.69, 9.17) is 4.55 Å². The highest BCUT2D eigenvalue weighted by molar-refractivity contribution is 7.86. The van der Waals surface area contributed by atoms with Crippen molar-refractivity contribution in [3.8, 4) is 5.75 Å². The average Bonchev–Trinajstić information content (AvgIpc) is 2.65. The maximum absolute atomic E-state index is 12.6. The van der Waals surface area contributed by atoms with E-state index < -0.39 is 53.2 Å². The van der Waals surface area contributed by atoms with Crippen molar-refractivity contribution in [3.63, 3.8) is 0 Å². The van der Waals surface area contributed by atoms with E-state index in [0.29, 0.717) is 0 Å². The molecule has 14 heteroatoms. The quantitative estimate of drug-likeness (QED) is 0.371. The molecular weight excluding hydrogens is 465 g/mol. The van der Waals surface area contributed by atoms with E-state index in [-0.39, 0.29) is 16.5 Å². The Morgan fingerprint density at radius 1 is 0.806 bits per heavy atom. The lowest BCUT2D eigenvalue weighted by atomic mass is 10.1. The molecule has 164 valence electrons. The number of hydrogen-bond donors (Lipinski definition) is 3. The molecule has 0 aliphatic rings. The Balaban J connectivity index is 2.17. The van der Waals surface area contributed by atoms with E-state index in [2.05, 4.69) is 10.2 Å². The summed E-state index contributed by atoms with van der Waals surface area (Å²) < 4.78 is 103. The van der Waals surface area contributed by atoms with Crippen molar-refractivity contribution in [1.29, 1.82) is 0 Å². The first kappa shape index (κ1) is 22.6. The van der Waals surface area contributed by atoms with Gasteiger partial charge in [0.05, 0.1) is 16.1 Å². The Hall–Kier alpha value is -3.07. The molecular formula is C17H11F3N2O7S2. The van der Waals surface area contributed by atoms with Gasteiger partial charge in [0.1, 0.15) is 10.6 Å². The maximum Gasteiger partial charge on any atom is 0.416 e. The minimum Gasteiger partial charge on any atom is -0.505 e. The summed E-state index contributed by atoms with van der Waals surface area (Å²) in [7, 11) is -9.64. The van der Waals surface area contributed by atoms with Crippen molar-refractivity contribution in [2.75, 3.05) is 0 Å². The topological polar surface area (TPSA) is 154 Å². The van der Waals surface area contributed by atoms with Crippen molar-refractivity contribution < 1.29 is 44.2 Å². The van der Waals surface area contributed by atoms with Crippen LogP contribution in [0.3, 0.4) is 0 Å². The van der Waals surface area contributed by atoms with Crippen LogP contribution in [0.4, 0.5) is 24.5 Å². The monoisotopic (exact) mass is 476 g/mol. The Kier molecular flexibility index (Phi) is 5.52. The molecule has 3 aromatic rings. The number of nitrogens with zero attached hydrogens (tertiary/aromatic N) is 2. The highest BCUT2D eigenvalue weighted by atomic mass is 32.2. The zero-order valence-corrected chi connectivity index (χ0v) is 16.6. The summed E-state index contributed by atoms with van der Waals surface area (Å²) in [6, 6.07) is 6.98. The van der Waals surface area contributed by atoms with Gasteiger partial charge in [0.25, 0.3) is 20.2 Å². The normalized spacial score (nSPS) is 13.2. The number of rotatable bonds is 4. The first-order valence-electron chi connectivity index (χ1n) is 8.01. The Morgan fingerprint density at radius 3 is 1.94 bits per heavy atom. The first-order chi connectivity index (χ1) is 14.2. The van der Waals surface area contributed by atoms with Crippen molar-refractivity contribution in [2.24, 2.45) is 10.2 Å². The summed E-state index contributed by atoms with van der Waals surface area (Å²) in [5, 5.41) is 17.3. The molecule has 3 N–H and O–H groups in total. The van der Waals surface area contributed by atoms with E-state index in [1.807, 2.05) is 0 Å². The lowest BCUT2D eigenvalue weighted by molar-refractivity contribution is -0.137. The van der Waals surface area contributed by atoms with Gasteiger partial charge in [-0.25, -0.2) is 0 Å². The molecule has 3 rings (SSSR count). The second-order valence-electron chi connectivity index (χ2n) is 6.15. The number of benzene rings is 3. The lowest BCUT2D eigenvalue weighted by Gasteiger charge is -2.09. The number of fused-ring (bicyclic) bond motifs is 1. The molecule has 0 fully saturated rings. The second kappa shape index (κ2) is 7.56. The zero-order chi connectivity index (χ0) is 23.2. The van der Waals surface area contributed by atoms with Crippen LogP contribution in [-0.4, -0.2) is 31.0 Å². The fraction of sp³-hybridized carbons (Fsp3) is 0.0588. The molecule has 0 aliphatic carbocycles. The van der Waals surface area contributed by atoms with Crippen molar-refractivity contribution in [2.45, 2.75) is 16.0 Å². The number of aromatic hydroxyl groups is 1. The van der Waals surface area contributed by atoms with E-state index in [1.54, 1.807) is 0 Å². The molecule has 0 radical (unpaired) electrons. The molecule has 0 spiro atoms. The second-order valence-corrected chi connectivity index (χ2v) is 8.96. The number of azo groups is 1. The molecule has 0 saturated carbocycles. The third-order valence-corrected chi connectivity index (χ3v) is 5.77. The van der Waals surface area contributed by atoms with Crippen LogP contribution < -0.4 is 0 Å². The van der Waals surface area contributed by atoms with Crippen LogP contribution in [0.5, 0.6) is 5.75 Å². The van der Waals surface area contributed by atoms with Gasteiger partial charge in [-0.3, -0.25) is 9.11 Å². The highest BCUT2D eigenvalue weighted by Gasteiger charge is 2.30. The maximum atomic E-state index is 12.6. The van der Waals surface area contributed by atoms with Gasteiger partial charge < -0.3 is 5.11 Å². The zero-order valence-electron chi connectivity index (χ0n) is 14.9. The fourth-order valence-electron chi connectivity index (χ4n) is 2.61. The van der Waals surface area contributed by atoms with Gasteiger partial charge in [-0.2, -0.15) is 35.1 Å². The van der Waals surface area contributed by atoms with Gasteiger partial charge in [-0.1, -0.05) is 0 Å². The van der Waals surface area contributed by atoms with Crippen LogP contribution in [-0.2, 0) is 26.4 Å². The predicted octanol–water partition coefficient (Wildman–Crippen LogP) is 4.47. The van der Waals surface area contributed by atoms with E-state index in [1.165, 1.54) is 0 Å². The van der Waals surface area contributed by atoms with Crippen molar-refractivity contribution in [1.82, 2.24) is 0 Å². The number of phenolic OH excluding ortho intramolecular Hbond substituents is 1. The summed E-state index contributed by atoms with van der Waals surface area (Å²) >= 11 is 0. The van der Waals surface area contributed by atoms with Crippen molar-refractivity contribution >= 4 is 42.4 Å². The van der Waals surface area contributed by atoms with Crippen molar-refractivity contribution in [3.05, 3.63) is 54.1 Å². The molecule has 0 bridgehead atoms. The molecule has 0 heterocycles. The smallest absolute Gasteiger partial charge is 0.416 e. The number of phenols is 1. The van der Waals surface area contributed by atoms with E-state index in [9.17, 15) is 39.7 Å². The average molecular weight is 476 g/mol. The van der Waals surface area contributed by atoms with Crippen LogP contribution in [0, 0.1) is 0 Å². The van der Waals surface area contributed by atoms with Gasteiger partial charge in [-0.05, 0) is 53.9 Å². The molecule has 0 aromatic heterocycles. The van der Waals surface area contributed by atoms with Crippen LogP contribution in [0.1, 0.15) is 5.56 Å². The Morgan fingerprint density at radius 2 is 1.42 bits per heavy atom. The van der Waals surface area contributed by atoms with Gasteiger partial charge in [0.2, 0.25) is 0 Å². The number of halogens is 3. The van der Waals surface area contributed by atoms with Gasteiger partial charge in [0.15, 0.2) is 5.75 Å². The van der Waals surface area contributed by atoms with Gasteiger partial charge in [0, 0.05) is 5.39 Å². The lowest BCUT2D eigenvalue weighted by Crippen LogP contribution is -2.03. The molecule has 0 amide bonds. The summed E-state index contributed by atoms with van der Waals surface area (Å²) in [6.07, 6.45) is -4.58. The van der Waals surface area contributed by atoms with E-state index in [0.717, 1.165) is 48.5 Å². The molecule has 9 nitrogen and oxygen atoms in total. The Labute approximate surface area is 173 Å². The fourth-order valence-corrected chi connectivity index (χ4v) is 3.78. The first-order valence-corrected chi connectivity index (χ1v) is 10.9. The summed E-state index contributed by atoms with van der Waals surface area (Å²) in [4.78, 5) is -1.54. The Bertz CT molecular complexity index is 1420. The molecule has 0 saturated heterocycles. The van der Waals surface area contributed by atoms with E-state index >= 15 is 0 Å². The third kappa shape index (κ3) is 4.82. The standard InChI is InChI=1S/C17H11F3N2O7S2/c18-17(19,20)10-1-3-11(4-2-10)21-22-15-14(31(27,28)29)8-9-7-12(30(24,25)26)5-6-13(9)16(15)23/h1-8,23H,(H,24,25,26)(H,27,28,29). The van der Waals surface area contributed by atoms with Crippen LogP contribution in [0.2, 0.25) is 0 Å². The molecule has 31 heavy (non-hydrogen) atoms. The SMILES string of the molecule is O=S(=O)(O)c1ccc2c(O)c(N=Nc3ccc(C(F)(F)F)cc3)c(S(=O)(=O)O)cc2c1. The van der Waals surface area contributed by atoms with Gasteiger partial charge in [-0.15, -0.1) is 5.11 Å². The number of alkyl halides is 3. The predicted molar refractivity (Wildman–Crippen MR) is 101 cm³/mol. The number of hydrogen-bond acceptors (Lipinski definition) is 7. The molecule has 0 unspecified atom stereocenters. The van der Waals surface area contributed by atoms with Gasteiger partial charge >= 0.3 is 6.18 Å². The molecule has 3 aromatic carbocycles.